The van der Waals surface area contributed by atoms with Gasteiger partial charge in [0.05, 0.1) is 22.6 Å². The van der Waals surface area contributed by atoms with Crippen LogP contribution in [0.1, 0.15) is 17.0 Å². The molecule has 1 N–H and O–H groups in total. The van der Waals surface area contributed by atoms with Gasteiger partial charge in [-0.3, -0.25) is 9.78 Å². The highest BCUT2D eigenvalue weighted by atomic mass is 35.5. The molecule has 1 aromatic carbocycles. The van der Waals surface area contributed by atoms with Gasteiger partial charge in [-0.25, -0.2) is 0 Å². The third kappa shape index (κ3) is 3.91. The molecule has 0 saturated heterocycles. The molecule has 0 saturated carbocycles. The first kappa shape index (κ1) is 18.4. The quantitative estimate of drug-likeness (QED) is 0.530. The number of nitrogens with zero attached hydrogens (tertiary/aromatic N) is 3. The van der Waals surface area contributed by atoms with E-state index in [2.05, 4.69) is 10.3 Å². The van der Waals surface area contributed by atoms with Gasteiger partial charge in [0.15, 0.2) is 0 Å². The fraction of sp³-hybridized carbons (Fsp3) is 0.0952. The van der Waals surface area contributed by atoms with Crippen LogP contribution in [-0.2, 0) is 4.79 Å². The van der Waals surface area contributed by atoms with Gasteiger partial charge in [0, 0.05) is 17.6 Å². The Labute approximate surface area is 162 Å². The van der Waals surface area contributed by atoms with E-state index in [1.165, 1.54) is 0 Å². The molecular formula is C21H17ClN4O. The number of carbonyl (C=O) groups excluding carboxylic acids is 1. The van der Waals surface area contributed by atoms with Crippen LogP contribution in [0.25, 0.3) is 11.8 Å². The normalized spacial score (nSPS) is 11.1. The van der Waals surface area contributed by atoms with E-state index >= 15 is 0 Å². The predicted octanol–water partition coefficient (Wildman–Crippen LogP) is 4.69. The molecule has 0 aliphatic rings. The van der Waals surface area contributed by atoms with Crippen LogP contribution in [0.2, 0.25) is 5.02 Å². The number of para-hydroxylation sites is 1. The summed E-state index contributed by atoms with van der Waals surface area (Å²) in [5.41, 5.74) is 4.08. The van der Waals surface area contributed by atoms with Gasteiger partial charge >= 0.3 is 0 Å². The zero-order valence-electron chi connectivity index (χ0n) is 14.9. The second-order valence-corrected chi connectivity index (χ2v) is 6.38. The summed E-state index contributed by atoms with van der Waals surface area (Å²) in [6, 6.07) is 14.6. The molecule has 5 nitrogen and oxygen atoms in total. The molecule has 2 heterocycles. The lowest BCUT2D eigenvalue weighted by Gasteiger charge is -2.09. The minimum atomic E-state index is -0.503. The van der Waals surface area contributed by atoms with Gasteiger partial charge < -0.3 is 9.88 Å². The minimum absolute atomic E-state index is 0.00126. The predicted molar refractivity (Wildman–Crippen MR) is 107 cm³/mol. The number of benzene rings is 1. The number of nitriles is 1. The van der Waals surface area contributed by atoms with Crippen molar-refractivity contribution in [3.8, 4) is 11.8 Å². The Hall–Kier alpha value is -3.36. The number of carbonyl (C=O) groups is 1. The smallest absolute Gasteiger partial charge is 0.266 e. The van der Waals surface area contributed by atoms with Gasteiger partial charge in [-0.15, -0.1) is 0 Å². The summed E-state index contributed by atoms with van der Waals surface area (Å²) in [7, 11) is 0. The van der Waals surface area contributed by atoms with Crippen LogP contribution in [0.3, 0.4) is 0 Å². The molecular weight excluding hydrogens is 360 g/mol. The first-order chi connectivity index (χ1) is 13.0. The van der Waals surface area contributed by atoms with E-state index < -0.39 is 5.91 Å². The van der Waals surface area contributed by atoms with Gasteiger partial charge in [0.1, 0.15) is 11.6 Å². The highest BCUT2D eigenvalue weighted by molar-refractivity contribution is 6.34. The van der Waals surface area contributed by atoms with Gasteiger partial charge in [-0.05, 0) is 55.8 Å². The third-order valence-electron chi connectivity index (χ3n) is 4.16. The molecule has 1 amide bonds. The number of aryl methyl sites for hydroxylation is 1. The highest BCUT2D eigenvalue weighted by Crippen LogP contribution is 2.24. The zero-order valence-corrected chi connectivity index (χ0v) is 15.7. The molecule has 27 heavy (non-hydrogen) atoms. The molecule has 0 fully saturated rings. The summed E-state index contributed by atoms with van der Waals surface area (Å²) in [6.07, 6.45) is 5.06. The Morgan fingerprint density at radius 1 is 1.26 bits per heavy atom. The maximum absolute atomic E-state index is 12.5. The SMILES string of the molecule is Cc1cc(/C=C(/C#N)C(=O)Nc2ccccc2Cl)c(C)n1-c1cccnc1. The van der Waals surface area contributed by atoms with Crippen molar-refractivity contribution < 1.29 is 4.79 Å². The lowest BCUT2D eigenvalue weighted by molar-refractivity contribution is -0.112. The number of hydrogen-bond acceptors (Lipinski definition) is 3. The van der Waals surface area contributed by atoms with Crippen molar-refractivity contribution in [2.45, 2.75) is 13.8 Å². The number of hydrogen-bond donors (Lipinski definition) is 1. The number of halogens is 1. The summed E-state index contributed by atoms with van der Waals surface area (Å²) < 4.78 is 2.03. The van der Waals surface area contributed by atoms with Crippen molar-refractivity contribution in [1.29, 1.82) is 5.26 Å². The van der Waals surface area contributed by atoms with Crippen LogP contribution in [0, 0.1) is 25.2 Å². The molecule has 3 aromatic rings. The molecule has 0 spiro atoms. The number of rotatable bonds is 4. The van der Waals surface area contributed by atoms with E-state index in [0.29, 0.717) is 10.7 Å². The van der Waals surface area contributed by atoms with Crippen molar-refractivity contribution in [1.82, 2.24) is 9.55 Å². The summed E-state index contributed by atoms with van der Waals surface area (Å²) in [6.45, 7) is 3.90. The van der Waals surface area contributed by atoms with Crippen molar-refractivity contribution in [3.05, 3.63) is 82.4 Å². The molecule has 0 aliphatic heterocycles. The standard InChI is InChI=1S/C21H17ClN4O/c1-14-10-16(15(2)26(14)18-6-5-9-24-13-18)11-17(12-23)21(27)25-20-8-4-3-7-19(20)22/h3-11,13H,1-2H3,(H,25,27)/b17-11-. The zero-order chi connectivity index (χ0) is 19.4. The summed E-state index contributed by atoms with van der Waals surface area (Å²) in [4.78, 5) is 16.6. The van der Waals surface area contributed by atoms with E-state index in [1.807, 2.05) is 42.7 Å². The number of aromatic nitrogens is 2. The Bertz CT molecular complexity index is 1060. The Morgan fingerprint density at radius 3 is 2.70 bits per heavy atom. The van der Waals surface area contributed by atoms with E-state index in [0.717, 1.165) is 22.6 Å². The van der Waals surface area contributed by atoms with E-state index in [-0.39, 0.29) is 5.57 Å². The van der Waals surface area contributed by atoms with Crippen molar-refractivity contribution in [3.63, 3.8) is 0 Å². The Balaban J connectivity index is 1.94. The van der Waals surface area contributed by atoms with Crippen LogP contribution >= 0.6 is 11.6 Å². The fourth-order valence-corrected chi connectivity index (χ4v) is 3.06. The van der Waals surface area contributed by atoms with Gasteiger partial charge in [0.25, 0.3) is 5.91 Å². The molecule has 0 unspecified atom stereocenters. The molecule has 0 atom stereocenters. The molecule has 134 valence electrons. The highest BCUT2D eigenvalue weighted by Gasteiger charge is 2.14. The van der Waals surface area contributed by atoms with Crippen LogP contribution in [-0.4, -0.2) is 15.5 Å². The van der Waals surface area contributed by atoms with Crippen molar-refractivity contribution in [2.75, 3.05) is 5.32 Å². The Kier molecular flexibility index (Phi) is 5.39. The molecule has 0 radical (unpaired) electrons. The second kappa shape index (κ2) is 7.90. The van der Waals surface area contributed by atoms with Crippen molar-refractivity contribution >= 4 is 29.3 Å². The molecule has 3 rings (SSSR count). The summed E-state index contributed by atoms with van der Waals surface area (Å²) in [5.74, 6) is -0.503. The van der Waals surface area contributed by atoms with Gasteiger partial charge in [-0.2, -0.15) is 5.26 Å². The number of anilines is 1. The van der Waals surface area contributed by atoms with Gasteiger partial charge in [-0.1, -0.05) is 23.7 Å². The molecule has 0 bridgehead atoms. The van der Waals surface area contributed by atoms with Gasteiger partial charge in [0.2, 0.25) is 0 Å². The Morgan fingerprint density at radius 2 is 2.04 bits per heavy atom. The van der Waals surface area contributed by atoms with E-state index in [4.69, 9.17) is 11.6 Å². The first-order valence-corrected chi connectivity index (χ1v) is 8.66. The topological polar surface area (TPSA) is 70.7 Å². The average Bonchev–Trinajstić information content (AvgIpc) is 2.95. The van der Waals surface area contributed by atoms with Crippen LogP contribution in [0.4, 0.5) is 5.69 Å². The molecule has 6 heteroatoms. The van der Waals surface area contributed by atoms with Crippen molar-refractivity contribution in [2.24, 2.45) is 0 Å². The number of pyridine rings is 1. The van der Waals surface area contributed by atoms with Crippen LogP contribution < -0.4 is 5.32 Å². The number of amides is 1. The van der Waals surface area contributed by atoms with Crippen LogP contribution in [0.15, 0.2) is 60.4 Å². The average molecular weight is 377 g/mol. The monoisotopic (exact) mass is 376 g/mol. The second-order valence-electron chi connectivity index (χ2n) is 5.98. The number of nitrogens with one attached hydrogen (secondary N) is 1. The first-order valence-electron chi connectivity index (χ1n) is 8.28. The third-order valence-corrected chi connectivity index (χ3v) is 4.49. The summed E-state index contributed by atoms with van der Waals surface area (Å²) in [5, 5.41) is 12.6. The maximum Gasteiger partial charge on any atom is 0.266 e. The molecule has 2 aromatic heterocycles. The lowest BCUT2D eigenvalue weighted by atomic mass is 10.1. The largest absolute Gasteiger partial charge is 0.320 e. The lowest BCUT2D eigenvalue weighted by Crippen LogP contribution is -2.13. The maximum atomic E-state index is 12.5. The van der Waals surface area contributed by atoms with E-state index in [9.17, 15) is 10.1 Å². The fourth-order valence-electron chi connectivity index (χ4n) is 2.87. The van der Waals surface area contributed by atoms with Crippen LogP contribution in [0.5, 0.6) is 0 Å². The minimum Gasteiger partial charge on any atom is -0.320 e. The molecule has 0 aliphatic carbocycles. The van der Waals surface area contributed by atoms with E-state index in [1.54, 1.807) is 42.7 Å². The summed E-state index contributed by atoms with van der Waals surface area (Å²) >= 11 is 6.07.